The molecule has 4 rings (SSSR count). The van der Waals surface area contributed by atoms with Crippen molar-refractivity contribution in [1.82, 2.24) is 14.9 Å². The smallest absolute Gasteiger partial charge is 0.474 e. The summed E-state index contributed by atoms with van der Waals surface area (Å²) in [5.74, 6) is 0.600. The van der Waals surface area contributed by atoms with Gasteiger partial charge in [-0.15, -0.1) is 0 Å². The van der Waals surface area contributed by atoms with E-state index in [0.29, 0.717) is 24.3 Å². The van der Waals surface area contributed by atoms with Crippen LogP contribution in [0.25, 0.3) is 0 Å². The first-order chi connectivity index (χ1) is 17.6. The number of nitrogens with one attached hydrogen (secondary N) is 1. The lowest BCUT2D eigenvalue weighted by Crippen LogP contribution is -2.50. The minimum atomic E-state index is -5.53. The van der Waals surface area contributed by atoms with E-state index in [1.165, 1.54) is 6.33 Å². The van der Waals surface area contributed by atoms with Gasteiger partial charge in [-0.05, 0) is 58.7 Å². The Morgan fingerprint density at radius 2 is 1.76 bits per heavy atom. The average molecular weight is 577 g/mol. The molecule has 208 valence electrons. The number of alkyl halides is 3. The van der Waals surface area contributed by atoms with Crippen molar-refractivity contribution in [3.8, 4) is 5.88 Å². The van der Waals surface area contributed by atoms with E-state index in [2.05, 4.69) is 15.3 Å². The highest BCUT2D eigenvalue weighted by Gasteiger charge is 2.47. The third kappa shape index (κ3) is 5.78. The SMILES string of the molecule is Cc1c(Nc2ccc(S(=O)(=O)C(F)(F)F)cc2Cl)ncnc1OC1CC2CCC(C1)N2C(=O)OC(C)(C)C. The zero-order chi connectivity index (χ0) is 28.0. The second kappa shape index (κ2) is 10.1. The second-order valence-corrected chi connectivity index (χ2v) is 12.7. The van der Waals surface area contributed by atoms with Crippen LogP contribution >= 0.6 is 11.6 Å². The number of anilines is 2. The first-order valence-electron chi connectivity index (χ1n) is 11.9. The van der Waals surface area contributed by atoms with Gasteiger partial charge in [-0.25, -0.2) is 23.2 Å². The maximum absolute atomic E-state index is 12.9. The van der Waals surface area contributed by atoms with Gasteiger partial charge >= 0.3 is 11.6 Å². The lowest BCUT2D eigenvalue weighted by molar-refractivity contribution is -0.0436. The van der Waals surface area contributed by atoms with E-state index in [-0.39, 0.29) is 40.8 Å². The van der Waals surface area contributed by atoms with Crippen LogP contribution in [-0.2, 0) is 14.6 Å². The van der Waals surface area contributed by atoms with Crippen molar-refractivity contribution >= 4 is 39.0 Å². The standard InChI is InChI=1S/C24H28ClF3N4O5S/c1-13-20(31-19-8-7-17(11-18(19)25)38(34,35)24(26,27)28)29-12-30-21(13)36-16-9-14-5-6-15(10-16)32(14)22(33)37-23(2,3)4/h7-8,11-12,14-16H,5-6,9-10H2,1-4H3,(H,29,30,31). The van der Waals surface area contributed by atoms with Gasteiger partial charge in [-0.2, -0.15) is 13.2 Å². The number of halogens is 4. The van der Waals surface area contributed by atoms with Crippen molar-refractivity contribution in [3.63, 3.8) is 0 Å². The Morgan fingerprint density at radius 1 is 1.13 bits per heavy atom. The Morgan fingerprint density at radius 3 is 2.32 bits per heavy atom. The van der Waals surface area contributed by atoms with Crippen LogP contribution in [0.4, 0.5) is 29.5 Å². The highest BCUT2D eigenvalue weighted by Crippen LogP contribution is 2.39. The summed E-state index contributed by atoms with van der Waals surface area (Å²) >= 11 is 6.09. The number of nitrogens with zero attached hydrogens (tertiary/aromatic N) is 3. The van der Waals surface area contributed by atoms with Gasteiger partial charge in [0.25, 0.3) is 9.84 Å². The maximum atomic E-state index is 12.9. The predicted molar refractivity (Wildman–Crippen MR) is 133 cm³/mol. The van der Waals surface area contributed by atoms with Crippen molar-refractivity contribution in [2.24, 2.45) is 0 Å². The predicted octanol–water partition coefficient (Wildman–Crippen LogP) is 5.78. The fraction of sp³-hybridized carbons (Fsp3) is 0.542. The van der Waals surface area contributed by atoms with Crippen molar-refractivity contribution in [2.45, 2.75) is 87.6 Å². The molecule has 14 heteroatoms. The quantitative estimate of drug-likeness (QED) is 0.476. The summed E-state index contributed by atoms with van der Waals surface area (Å²) in [7, 11) is -5.53. The molecule has 2 saturated heterocycles. The number of piperidine rings is 1. The first kappa shape index (κ1) is 28.2. The summed E-state index contributed by atoms with van der Waals surface area (Å²) < 4.78 is 73.7. The Bertz CT molecular complexity index is 1320. The number of amides is 1. The normalized spacial score (nSPS) is 21.8. The van der Waals surface area contributed by atoms with Crippen molar-refractivity contribution in [3.05, 3.63) is 35.1 Å². The number of rotatable bonds is 5. The Balaban J connectivity index is 1.46. The lowest BCUT2D eigenvalue weighted by Gasteiger charge is -2.39. The molecule has 2 fully saturated rings. The summed E-state index contributed by atoms with van der Waals surface area (Å²) in [6.07, 6.45) is 3.70. The molecule has 38 heavy (non-hydrogen) atoms. The number of aromatic nitrogens is 2. The second-order valence-electron chi connectivity index (χ2n) is 10.4. The number of carbonyl (C=O) groups is 1. The Kier molecular flexibility index (Phi) is 7.47. The van der Waals surface area contributed by atoms with E-state index in [9.17, 15) is 26.4 Å². The molecule has 2 aliphatic heterocycles. The molecule has 1 N–H and O–H groups in total. The number of sulfone groups is 1. The fourth-order valence-electron chi connectivity index (χ4n) is 4.70. The molecule has 0 spiro atoms. The van der Waals surface area contributed by atoms with Gasteiger partial charge in [0, 0.05) is 24.9 Å². The van der Waals surface area contributed by atoms with E-state index in [1.54, 1.807) is 6.92 Å². The van der Waals surface area contributed by atoms with Crippen molar-refractivity contribution < 1.29 is 35.9 Å². The summed E-state index contributed by atoms with van der Waals surface area (Å²) in [6, 6.07) is 2.68. The number of benzene rings is 1. The van der Waals surface area contributed by atoms with Crippen LogP contribution in [0, 0.1) is 6.92 Å². The summed E-state index contributed by atoms with van der Waals surface area (Å²) in [4.78, 5) is 21.9. The largest absolute Gasteiger partial charge is 0.501 e. The van der Waals surface area contributed by atoms with Crippen molar-refractivity contribution in [1.29, 1.82) is 0 Å². The van der Waals surface area contributed by atoms with Crippen molar-refractivity contribution in [2.75, 3.05) is 5.32 Å². The van der Waals surface area contributed by atoms with E-state index >= 15 is 0 Å². The number of hydrogen-bond donors (Lipinski definition) is 1. The van der Waals surface area contributed by atoms with Crippen LogP contribution in [0.2, 0.25) is 5.02 Å². The van der Waals surface area contributed by atoms with Gasteiger partial charge in [0.15, 0.2) is 0 Å². The van der Waals surface area contributed by atoms with Crippen LogP contribution < -0.4 is 10.1 Å². The average Bonchev–Trinajstić information content (AvgIpc) is 3.06. The molecule has 1 aromatic heterocycles. The van der Waals surface area contributed by atoms with Gasteiger partial charge in [0.05, 0.1) is 21.2 Å². The minimum absolute atomic E-state index is 0.00126. The molecule has 0 radical (unpaired) electrons. The highest BCUT2D eigenvalue weighted by molar-refractivity contribution is 7.92. The number of ether oxygens (including phenoxy) is 2. The van der Waals surface area contributed by atoms with Crippen LogP contribution in [0.1, 0.15) is 52.0 Å². The lowest BCUT2D eigenvalue weighted by atomic mass is 10.00. The van der Waals surface area contributed by atoms with Crippen LogP contribution in [-0.4, -0.2) is 58.7 Å². The van der Waals surface area contributed by atoms with E-state index in [4.69, 9.17) is 21.1 Å². The van der Waals surface area contributed by atoms with Gasteiger partial charge in [-0.1, -0.05) is 11.6 Å². The van der Waals surface area contributed by atoms with Gasteiger partial charge in [-0.3, -0.25) is 0 Å². The summed E-state index contributed by atoms with van der Waals surface area (Å²) in [5.41, 5.74) is -5.34. The maximum Gasteiger partial charge on any atom is 0.501 e. The summed E-state index contributed by atoms with van der Waals surface area (Å²) in [5, 5.41) is 2.67. The Hall–Kier alpha value is -2.80. The van der Waals surface area contributed by atoms with E-state index < -0.39 is 25.8 Å². The molecular weight excluding hydrogens is 549 g/mol. The number of carbonyl (C=O) groups excluding carboxylic acids is 1. The van der Waals surface area contributed by atoms with E-state index in [0.717, 1.165) is 31.0 Å². The molecule has 1 amide bonds. The van der Waals surface area contributed by atoms with Gasteiger partial charge in [0.2, 0.25) is 5.88 Å². The fourth-order valence-corrected chi connectivity index (χ4v) is 5.78. The van der Waals surface area contributed by atoms with Gasteiger partial charge < -0.3 is 19.7 Å². The summed E-state index contributed by atoms with van der Waals surface area (Å²) in [6.45, 7) is 7.20. The molecule has 0 aliphatic carbocycles. The molecule has 3 heterocycles. The molecule has 2 atom stereocenters. The minimum Gasteiger partial charge on any atom is -0.474 e. The topological polar surface area (TPSA) is 111 Å². The number of fused-ring (bicyclic) bond motifs is 2. The van der Waals surface area contributed by atoms with E-state index in [1.807, 2.05) is 25.7 Å². The van der Waals surface area contributed by atoms with Crippen LogP contribution in [0.3, 0.4) is 0 Å². The zero-order valence-electron chi connectivity index (χ0n) is 21.2. The molecule has 1 aromatic carbocycles. The molecular formula is C24H28ClF3N4O5S. The van der Waals surface area contributed by atoms with Crippen LogP contribution in [0.5, 0.6) is 5.88 Å². The molecule has 2 bridgehead atoms. The number of hydrogen-bond acceptors (Lipinski definition) is 8. The molecule has 2 aliphatic rings. The zero-order valence-corrected chi connectivity index (χ0v) is 22.7. The molecule has 2 unspecified atom stereocenters. The van der Waals surface area contributed by atoms with Gasteiger partial charge in [0.1, 0.15) is 23.9 Å². The molecule has 0 saturated carbocycles. The monoisotopic (exact) mass is 576 g/mol. The highest BCUT2D eigenvalue weighted by atomic mass is 35.5. The third-order valence-electron chi connectivity index (χ3n) is 6.42. The molecule has 9 nitrogen and oxygen atoms in total. The Labute approximate surface area is 223 Å². The third-order valence-corrected chi connectivity index (χ3v) is 8.22. The molecule has 2 aromatic rings. The first-order valence-corrected chi connectivity index (χ1v) is 13.8. The van der Waals surface area contributed by atoms with Crippen LogP contribution in [0.15, 0.2) is 29.4 Å².